The van der Waals surface area contributed by atoms with Crippen LogP contribution in [-0.2, 0) is 10.0 Å². The quantitative estimate of drug-likeness (QED) is 0.547. The summed E-state index contributed by atoms with van der Waals surface area (Å²) in [5.41, 5.74) is 3.29. The Hall–Kier alpha value is -2.36. The lowest BCUT2D eigenvalue weighted by Gasteiger charge is -2.30. The molecule has 1 saturated heterocycles. The van der Waals surface area contributed by atoms with Gasteiger partial charge in [0, 0.05) is 19.2 Å². The SMILES string of the molecule is COc1ccc(S(=O)(=O)N2CCC(Oc3nc4c(C)ccc(C)c4s3)CC2)cc1OC. The highest BCUT2D eigenvalue weighted by Crippen LogP contribution is 2.35. The van der Waals surface area contributed by atoms with E-state index in [1.807, 2.05) is 6.92 Å². The second kappa shape index (κ2) is 8.64. The first-order chi connectivity index (χ1) is 14.8. The largest absolute Gasteiger partial charge is 0.493 e. The van der Waals surface area contributed by atoms with Gasteiger partial charge in [-0.1, -0.05) is 23.5 Å². The number of ether oxygens (including phenoxy) is 3. The molecule has 1 aliphatic heterocycles. The van der Waals surface area contributed by atoms with Crippen LogP contribution in [0.5, 0.6) is 16.7 Å². The molecule has 1 aliphatic rings. The van der Waals surface area contributed by atoms with Gasteiger partial charge in [0.1, 0.15) is 6.10 Å². The number of benzene rings is 2. The number of methoxy groups -OCH3 is 2. The molecule has 7 nitrogen and oxygen atoms in total. The Morgan fingerprint density at radius 2 is 1.68 bits per heavy atom. The van der Waals surface area contributed by atoms with E-state index in [1.54, 1.807) is 23.5 Å². The molecule has 0 spiro atoms. The van der Waals surface area contributed by atoms with Crippen LogP contribution in [0.15, 0.2) is 35.2 Å². The molecule has 0 N–H and O–H groups in total. The van der Waals surface area contributed by atoms with Gasteiger partial charge < -0.3 is 14.2 Å². The van der Waals surface area contributed by atoms with Gasteiger partial charge in [-0.25, -0.2) is 13.4 Å². The zero-order chi connectivity index (χ0) is 22.2. The van der Waals surface area contributed by atoms with E-state index in [9.17, 15) is 8.42 Å². The van der Waals surface area contributed by atoms with E-state index in [0.29, 0.717) is 42.6 Å². The molecule has 0 aliphatic carbocycles. The molecular formula is C22H26N2O5S2. The highest BCUT2D eigenvalue weighted by Gasteiger charge is 2.31. The van der Waals surface area contributed by atoms with Gasteiger partial charge in [0.25, 0.3) is 5.19 Å². The summed E-state index contributed by atoms with van der Waals surface area (Å²) in [4.78, 5) is 4.85. The Bertz CT molecular complexity index is 1160. The summed E-state index contributed by atoms with van der Waals surface area (Å²) in [6, 6.07) is 8.82. The van der Waals surface area contributed by atoms with Gasteiger partial charge in [-0.3, -0.25) is 0 Å². The Kier molecular flexibility index (Phi) is 6.09. The van der Waals surface area contributed by atoms with Crippen LogP contribution in [0.2, 0.25) is 0 Å². The second-order valence-corrected chi connectivity index (χ2v) is 10.5. The van der Waals surface area contributed by atoms with E-state index < -0.39 is 10.0 Å². The van der Waals surface area contributed by atoms with Crippen molar-refractivity contribution in [1.29, 1.82) is 0 Å². The zero-order valence-corrected chi connectivity index (χ0v) is 19.7. The van der Waals surface area contributed by atoms with Crippen molar-refractivity contribution in [2.75, 3.05) is 27.3 Å². The number of fused-ring (bicyclic) bond motifs is 1. The van der Waals surface area contributed by atoms with Crippen molar-refractivity contribution in [3.63, 3.8) is 0 Å². The van der Waals surface area contributed by atoms with E-state index in [0.717, 1.165) is 15.8 Å². The maximum absolute atomic E-state index is 13.1. The van der Waals surface area contributed by atoms with E-state index >= 15 is 0 Å². The Morgan fingerprint density at radius 1 is 1.00 bits per heavy atom. The van der Waals surface area contributed by atoms with Crippen LogP contribution in [0.25, 0.3) is 10.2 Å². The fourth-order valence-electron chi connectivity index (χ4n) is 3.75. The summed E-state index contributed by atoms with van der Waals surface area (Å²) in [5.74, 6) is 0.887. The molecule has 0 bridgehead atoms. The minimum atomic E-state index is -3.62. The van der Waals surface area contributed by atoms with Crippen molar-refractivity contribution >= 4 is 31.6 Å². The number of nitrogens with zero attached hydrogens (tertiary/aromatic N) is 2. The predicted molar refractivity (Wildman–Crippen MR) is 121 cm³/mol. The monoisotopic (exact) mass is 462 g/mol. The first kappa shape index (κ1) is 21.9. The van der Waals surface area contributed by atoms with Crippen LogP contribution >= 0.6 is 11.3 Å². The molecule has 9 heteroatoms. The number of piperidine rings is 1. The van der Waals surface area contributed by atoms with Gasteiger partial charge in [-0.15, -0.1) is 0 Å². The first-order valence-electron chi connectivity index (χ1n) is 10.1. The van der Waals surface area contributed by atoms with Crippen molar-refractivity contribution in [2.45, 2.75) is 37.7 Å². The molecule has 4 rings (SSSR count). The van der Waals surface area contributed by atoms with E-state index in [1.165, 1.54) is 30.2 Å². The fraction of sp³-hybridized carbons (Fsp3) is 0.409. The summed E-state index contributed by atoms with van der Waals surface area (Å²) in [6.45, 7) is 4.90. The van der Waals surface area contributed by atoms with Crippen LogP contribution in [0.3, 0.4) is 0 Å². The second-order valence-electron chi connectivity index (χ2n) is 7.59. The maximum Gasteiger partial charge on any atom is 0.274 e. The number of rotatable bonds is 6. The van der Waals surface area contributed by atoms with Crippen molar-refractivity contribution in [1.82, 2.24) is 9.29 Å². The normalized spacial score (nSPS) is 15.9. The molecule has 2 aromatic carbocycles. The third-order valence-corrected chi connectivity index (χ3v) is 8.56. The van der Waals surface area contributed by atoms with Gasteiger partial charge >= 0.3 is 0 Å². The molecule has 0 atom stereocenters. The van der Waals surface area contributed by atoms with Crippen LogP contribution < -0.4 is 14.2 Å². The highest BCUT2D eigenvalue weighted by atomic mass is 32.2. The number of thiazole rings is 1. The minimum absolute atomic E-state index is 0.0574. The van der Waals surface area contributed by atoms with Crippen molar-refractivity contribution < 1.29 is 22.6 Å². The minimum Gasteiger partial charge on any atom is -0.493 e. The molecule has 2 heterocycles. The molecule has 0 unspecified atom stereocenters. The Labute approximate surface area is 186 Å². The molecule has 1 fully saturated rings. The third-order valence-electron chi connectivity index (χ3n) is 5.58. The van der Waals surface area contributed by atoms with E-state index in [4.69, 9.17) is 14.2 Å². The summed E-state index contributed by atoms with van der Waals surface area (Å²) in [6.07, 6.45) is 1.17. The van der Waals surface area contributed by atoms with Crippen LogP contribution in [0.4, 0.5) is 0 Å². The average molecular weight is 463 g/mol. The molecule has 0 saturated carbocycles. The molecule has 0 radical (unpaired) electrons. The van der Waals surface area contributed by atoms with Gasteiger partial charge in [-0.2, -0.15) is 4.31 Å². The fourth-order valence-corrected chi connectivity index (χ4v) is 6.26. The lowest BCUT2D eigenvalue weighted by molar-refractivity contribution is 0.135. The summed E-state index contributed by atoms with van der Waals surface area (Å²) in [5, 5.41) is 0.647. The third kappa shape index (κ3) is 4.22. The van der Waals surface area contributed by atoms with Crippen LogP contribution in [-0.4, -0.2) is 51.1 Å². The number of hydrogen-bond acceptors (Lipinski definition) is 7. The summed E-state index contributed by atoms with van der Waals surface area (Å²) in [7, 11) is -0.612. The van der Waals surface area contributed by atoms with Gasteiger partial charge in [0.05, 0.1) is 29.3 Å². The summed E-state index contributed by atoms with van der Waals surface area (Å²) >= 11 is 1.55. The van der Waals surface area contributed by atoms with Gasteiger partial charge in [-0.05, 0) is 49.9 Å². The van der Waals surface area contributed by atoms with E-state index in [-0.39, 0.29) is 11.0 Å². The zero-order valence-electron chi connectivity index (χ0n) is 18.0. The molecule has 3 aromatic rings. The van der Waals surface area contributed by atoms with Crippen molar-refractivity contribution in [2.24, 2.45) is 0 Å². The smallest absolute Gasteiger partial charge is 0.274 e. The van der Waals surface area contributed by atoms with Crippen molar-refractivity contribution in [3.05, 3.63) is 41.5 Å². The van der Waals surface area contributed by atoms with Gasteiger partial charge in [0.15, 0.2) is 11.5 Å². The summed E-state index contributed by atoms with van der Waals surface area (Å²) < 4.78 is 45.4. The standard InChI is InChI=1S/C22H26N2O5S2/c1-14-5-6-15(2)21-20(14)23-22(30-21)29-16-9-11-24(12-10-16)31(25,26)17-7-8-18(27-3)19(13-17)28-4/h5-8,13,16H,9-12H2,1-4H3. The lowest BCUT2D eigenvalue weighted by atomic mass is 10.1. The molecular weight excluding hydrogens is 436 g/mol. The first-order valence-corrected chi connectivity index (χ1v) is 12.3. The maximum atomic E-state index is 13.1. The Balaban J connectivity index is 1.45. The average Bonchev–Trinajstić information content (AvgIpc) is 3.21. The van der Waals surface area contributed by atoms with Crippen molar-refractivity contribution in [3.8, 4) is 16.7 Å². The Morgan fingerprint density at radius 3 is 2.32 bits per heavy atom. The highest BCUT2D eigenvalue weighted by molar-refractivity contribution is 7.89. The van der Waals surface area contributed by atoms with Crippen LogP contribution in [0, 0.1) is 13.8 Å². The predicted octanol–water partition coefficient (Wildman–Crippen LogP) is 4.16. The molecule has 1 aromatic heterocycles. The molecule has 0 amide bonds. The van der Waals surface area contributed by atoms with E-state index in [2.05, 4.69) is 24.0 Å². The molecule has 31 heavy (non-hydrogen) atoms. The number of hydrogen-bond donors (Lipinski definition) is 0. The van der Waals surface area contributed by atoms with Gasteiger partial charge in [0.2, 0.25) is 10.0 Å². The van der Waals surface area contributed by atoms with Crippen LogP contribution in [0.1, 0.15) is 24.0 Å². The number of aryl methyl sites for hydroxylation is 2. The number of aromatic nitrogens is 1. The number of sulfonamides is 1. The molecule has 166 valence electrons. The topological polar surface area (TPSA) is 78.0 Å². The lowest BCUT2D eigenvalue weighted by Crippen LogP contribution is -2.41.